The lowest BCUT2D eigenvalue weighted by molar-refractivity contribution is -0.149. The maximum absolute atomic E-state index is 13.8. The van der Waals surface area contributed by atoms with Gasteiger partial charge in [0.2, 0.25) is 0 Å². The summed E-state index contributed by atoms with van der Waals surface area (Å²) in [5.74, 6) is -2.77. The Kier molecular flexibility index (Phi) is 3.97. The van der Waals surface area contributed by atoms with Crippen molar-refractivity contribution in [3.05, 3.63) is 29.8 Å². The molecule has 1 atom stereocenters. The molecule has 0 radical (unpaired) electrons. The molecule has 0 bridgehead atoms. The zero-order valence-electron chi connectivity index (χ0n) is 11.5. The molecule has 0 saturated heterocycles. The highest BCUT2D eigenvalue weighted by atomic mass is 19.1. The smallest absolute Gasteiger partial charge is 0.311 e. The summed E-state index contributed by atoms with van der Waals surface area (Å²) >= 11 is 0. The Balaban J connectivity index is 2.47. The molecule has 0 amide bonds. The van der Waals surface area contributed by atoms with E-state index in [2.05, 4.69) is 15.5 Å². The van der Waals surface area contributed by atoms with E-state index in [1.807, 2.05) is 0 Å². The van der Waals surface area contributed by atoms with Crippen LogP contribution in [-0.2, 0) is 11.3 Å². The van der Waals surface area contributed by atoms with Crippen LogP contribution >= 0.6 is 0 Å². The number of carbonyl (C=O) groups is 1. The molecule has 1 unspecified atom stereocenters. The number of halogens is 2. The monoisotopic (exact) mass is 296 g/mol. The maximum Gasteiger partial charge on any atom is 0.311 e. The highest BCUT2D eigenvalue weighted by Crippen LogP contribution is 2.28. The Bertz CT molecular complexity index is 654. The predicted octanol–water partition coefficient (Wildman–Crippen LogP) is 2.12. The number of carboxylic acids is 1. The second kappa shape index (κ2) is 5.55. The van der Waals surface area contributed by atoms with Crippen LogP contribution in [-0.4, -0.2) is 31.3 Å². The maximum atomic E-state index is 13.8. The van der Waals surface area contributed by atoms with Crippen molar-refractivity contribution in [3.8, 4) is 11.4 Å². The van der Waals surface area contributed by atoms with E-state index in [0.29, 0.717) is 6.42 Å². The van der Waals surface area contributed by atoms with Gasteiger partial charge in [0.15, 0.2) is 5.82 Å². The van der Waals surface area contributed by atoms with Gasteiger partial charge in [-0.25, -0.2) is 13.5 Å². The summed E-state index contributed by atoms with van der Waals surface area (Å²) in [6, 6.07) is 3.41. The molecular weight excluding hydrogens is 282 g/mol. The molecule has 1 aromatic carbocycles. The summed E-state index contributed by atoms with van der Waals surface area (Å²) in [6.45, 7) is 3.15. The van der Waals surface area contributed by atoms with E-state index in [9.17, 15) is 18.7 Å². The summed E-state index contributed by atoms with van der Waals surface area (Å²) in [7, 11) is 0. The van der Waals surface area contributed by atoms with Crippen LogP contribution in [0.3, 0.4) is 0 Å². The topological polar surface area (TPSA) is 80.9 Å². The largest absolute Gasteiger partial charge is 0.481 e. The Labute approximate surface area is 119 Å². The van der Waals surface area contributed by atoms with Gasteiger partial charge in [-0.2, -0.15) is 0 Å². The van der Waals surface area contributed by atoms with Crippen LogP contribution < -0.4 is 0 Å². The number of hydrogen-bond donors (Lipinski definition) is 1. The molecule has 0 aliphatic heterocycles. The molecule has 21 heavy (non-hydrogen) atoms. The molecule has 112 valence electrons. The van der Waals surface area contributed by atoms with E-state index in [1.54, 1.807) is 6.92 Å². The van der Waals surface area contributed by atoms with E-state index in [-0.39, 0.29) is 17.9 Å². The van der Waals surface area contributed by atoms with Crippen molar-refractivity contribution in [2.24, 2.45) is 5.41 Å². The molecule has 8 heteroatoms. The van der Waals surface area contributed by atoms with Gasteiger partial charge in [0.25, 0.3) is 0 Å². The van der Waals surface area contributed by atoms with E-state index < -0.39 is 23.0 Å². The van der Waals surface area contributed by atoms with Gasteiger partial charge >= 0.3 is 5.97 Å². The first kappa shape index (κ1) is 15.0. The summed E-state index contributed by atoms with van der Waals surface area (Å²) in [4.78, 5) is 11.3. The lowest BCUT2D eigenvalue weighted by Gasteiger charge is -2.22. The fourth-order valence-electron chi connectivity index (χ4n) is 1.86. The van der Waals surface area contributed by atoms with Gasteiger partial charge in [0, 0.05) is 0 Å². The van der Waals surface area contributed by atoms with Crippen molar-refractivity contribution in [3.63, 3.8) is 0 Å². The molecule has 0 aliphatic carbocycles. The average molecular weight is 296 g/mol. The number of benzene rings is 1. The van der Waals surface area contributed by atoms with E-state index >= 15 is 0 Å². The van der Waals surface area contributed by atoms with Gasteiger partial charge in [-0.05, 0) is 35.9 Å². The standard InChI is InChI=1S/C13H14F2N4O2/c1-3-13(2,12(20)21)7-19-11(16-17-18-19)10-8(14)5-4-6-9(10)15/h4-6H,3,7H2,1-2H3,(H,20,21). The number of tetrazole rings is 1. The third-order valence-corrected chi connectivity index (χ3v) is 3.51. The van der Waals surface area contributed by atoms with Crippen molar-refractivity contribution in [2.75, 3.05) is 0 Å². The minimum absolute atomic E-state index is 0.0884. The predicted molar refractivity (Wildman–Crippen MR) is 69.2 cm³/mol. The van der Waals surface area contributed by atoms with Crippen LogP contribution in [0.2, 0.25) is 0 Å². The van der Waals surface area contributed by atoms with Crippen molar-refractivity contribution in [1.29, 1.82) is 0 Å². The molecule has 2 aromatic rings. The van der Waals surface area contributed by atoms with Crippen LogP contribution in [0.4, 0.5) is 8.78 Å². The van der Waals surface area contributed by atoms with Gasteiger partial charge in [-0.3, -0.25) is 4.79 Å². The van der Waals surface area contributed by atoms with E-state index in [0.717, 1.165) is 16.8 Å². The fourth-order valence-corrected chi connectivity index (χ4v) is 1.86. The molecular formula is C13H14F2N4O2. The van der Waals surface area contributed by atoms with Crippen molar-refractivity contribution in [2.45, 2.75) is 26.8 Å². The van der Waals surface area contributed by atoms with Gasteiger partial charge in [-0.1, -0.05) is 13.0 Å². The van der Waals surface area contributed by atoms with Crippen LogP contribution in [0.5, 0.6) is 0 Å². The average Bonchev–Trinajstić information content (AvgIpc) is 2.86. The minimum atomic E-state index is -1.13. The highest BCUT2D eigenvalue weighted by Gasteiger charge is 2.33. The van der Waals surface area contributed by atoms with Gasteiger partial charge in [0.1, 0.15) is 11.6 Å². The van der Waals surface area contributed by atoms with E-state index in [1.165, 1.54) is 13.0 Å². The number of carboxylic acid groups (broad SMARTS) is 1. The first-order valence-electron chi connectivity index (χ1n) is 6.33. The summed E-state index contributed by atoms with van der Waals surface area (Å²) < 4.78 is 28.7. The van der Waals surface area contributed by atoms with Crippen LogP contribution in [0.25, 0.3) is 11.4 Å². The van der Waals surface area contributed by atoms with Gasteiger partial charge in [-0.15, -0.1) is 5.10 Å². The van der Waals surface area contributed by atoms with Crippen molar-refractivity contribution >= 4 is 5.97 Å². The number of aliphatic carboxylic acids is 1. The Morgan fingerprint density at radius 1 is 1.38 bits per heavy atom. The first-order chi connectivity index (χ1) is 9.89. The Morgan fingerprint density at radius 2 is 2.00 bits per heavy atom. The van der Waals surface area contributed by atoms with Gasteiger partial charge < -0.3 is 5.11 Å². The van der Waals surface area contributed by atoms with Crippen molar-refractivity contribution < 1.29 is 18.7 Å². The zero-order valence-corrected chi connectivity index (χ0v) is 11.5. The van der Waals surface area contributed by atoms with Gasteiger partial charge in [0.05, 0.1) is 17.5 Å². The molecule has 1 N–H and O–H groups in total. The Morgan fingerprint density at radius 3 is 2.52 bits per heavy atom. The number of nitrogens with zero attached hydrogens (tertiary/aromatic N) is 4. The first-order valence-corrected chi connectivity index (χ1v) is 6.33. The second-order valence-electron chi connectivity index (χ2n) is 4.98. The molecule has 0 fully saturated rings. The normalized spacial score (nSPS) is 13.9. The SMILES string of the molecule is CCC(C)(Cn1nnnc1-c1c(F)cccc1F)C(=O)O. The summed E-state index contributed by atoms with van der Waals surface area (Å²) in [5, 5.41) is 19.9. The quantitative estimate of drug-likeness (QED) is 0.914. The summed E-state index contributed by atoms with van der Waals surface area (Å²) in [6.07, 6.45) is 0.321. The van der Waals surface area contributed by atoms with Crippen LogP contribution in [0.15, 0.2) is 18.2 Å². The fraction of sp³-hybridized carbons (Fsp3) is 0.385. The third-order valence-electron chi connectivity index (χ3n) is 3.51. The molecule has 2 rings (SSSR count). The lowest BCUT2D eigenvalue weighted by Crippen LogP contribution is -2.32. The molecule has 1 aromatic heterocycles. The van der Waals surface area contributed by atoms with Crippen LogP contribution in [0.1, 0.15) is 20.3 Å². The molecule has 0 aliphatic rings. The zero-order chi connectivity index (χ0) is 15.6. The third kappa shape index (κ3) is 2.74. The van der Waals surface area contributed by atoms with E-state index in [4.69, 9.17) is 0 Å². The molecule has 6 nitrogen and oxygen atoms in total. The molecule has 1 heterocycles. The number of hydrogen-bond acceptors (Lipinski definition) is 4. The van der Waals surface area contributed by atoms with Crippen LogP contribution in [0, 0.1) is 17.0 Å². The Hall–Kier alpha value is -2.38. The minimum Gasteiger partial charge on any atom is -0.481 e. The molecule has 0 saturated carbocycles. The second-order valence-corrected chi connectivity index (χ2v) is 4.98. The number of rotatable bonds is 5. The molecule has 0 spiro atoms. The number of aromatic nitrogens is 4. The highest BCUT2D eigenvalue weighted by molar-refractivity contribution is 5.74. The lowest BCUT2D eigenvalue weighted by atomic mass is 9.88. The van der Waals surface area contributed by atoms with Crippen molar-refractivity contribution in [1.82, 2.24) is 20.2 Å². The summed E-state index contributed by atoms with van der Waals surface area (Å²) in [5.41, 5.74) is -1.50.